The zero-order valence-corrected chi connectivity index (χ0v) is 9.63. The summed E-state index contributed by atoms with van der Waals surface area (Å²) in [7, 11) is 0. The van der Waals surface area contributed by atoms with Gasteiger partial charge >= 0.3 is 0 Å². The topological polar surface area (TPSA) is 38.0 Å². The molecule has 0 atom stereocenters. The van der Waals surface area contributed by atoms with Crippen molar-refractivity contribution in [3.8, 4) is 0 Å². The molecule has 2 nitrogen and oxygen atoms in total. The number of hydrogen-bond acceptors (Lipinski definition) is 2. The molecule has 0 unspecified atom stereocenters. The summed E-state index contributed by atoms with van der Waals surface area (Å²) in [5.74, 6) is -1.41. The smallest absolute Gasteiger partial charge is 0.265 e. The molecule has 0 saturated carbocycles. The van der Waals surface area contributed by atoms with Gasteiger partial charge in [-0.2, -0.15) is 0 Å². The average molecular weight is 270 g/mol. The normalized spacial score (nSPS) is 10.8. The Morgan fingerprint density at radius 3 is 2.37 bits per heavy atom. The zero-order valence-electron chi connectivity index (χ0n) is 9.63. The lowest BCUT2D eigenvalue weighted by Gasteiger charge is -2.13. The number of halogens is 4. The highest BCUT2D eigenvalue weighted by molar-refractivity contribution is 5.66. The van der Waals surface area contributed by atoms with Gasteiger partial charge in [-0.3, -0.25) is 0 Å². The molecule has 6 heteroatoms. The van der Waals surface area contributed by atoms with Crippen molar-refractivity contribution in [1.29, 1.82) is 0 Å². The summed E-state index contributed by atoms with van der Waals surface area (Å²) >= 11 is 0. The number of benzene rings is 2. The lowest BCUT2D eigenvalue weighted by Crippen LogP contribution is -2.00. The number of anilines is 3. The molecule has 0 aliphatic heterocycles. The number of rotatable bonds is 3. The van der Waals surface area contributed by atoms with Crippen LogP contribution in [0.1, 0.15) is 12.0 Å². The van der Waals surface area contributed by atoms with Gasteiger partial charge in [0.2, 0.25) is 0 Å². The van der Waals surface area contributed by atoms with Crippen LogP contribution in [0.4, 0.5) is 34.6 Å². The van der Waals surface area contributed by atoms with Crippen molar-refractivity contribution in [3.63, 3.8) is 0 Å². The predicted molar refractivity (Wildman–Crippen MR) is 65.5 cm³/mol. The van der Waals surface area contributed by atoms with Gasteiger partial charge < -0.3 is 11.1 Å². The van der Waals surface area contributed by atoms with E-state index >= 15 is 0 Å². The largest absolute Gasteiger partial charge is 0.399 e. The molecule has 0 radical (unpaired) electrons. The van der Waals surface area contributed by atoms with E-state index < -0.39 is 18.1 Å². The Morgan fingerprint density at radius 1 is 0.947 bits per heavy atom. The molecule has 3 N–H and O–H groups in total. The summed E-state index contributed by atoms with van der Waals surface area (Å²) < 4.78 is 52.1. The van der Waals surface area contributed by atoms with E-state index in [0.717, 1.165) is 24.3 Å². The first-order valence-electron chi connectivity index (χ1n) is 5.37. The highest BCUT2D eigenvalue weighted by atomic mass is 19.3. The van der Waals surface area contributed by atoms with Crippen molar-refractivity contribution < 1.29 is 17.6 Å². The van der Waals surface area contributed by atoms with E-state index in [9.17, 15) is 17.6 Å². The van der Waals surface area contributed by atoms with Crippen LogP contribution in [0, 0.1) is 11.6 Å². The van der Waals surface area contributed by atoms with Gasteiger partial charge in [0.15, 0.2) is 0 Å². The van der Waals surface area contributed by atoms with Gasteiger partial charge in [0.1, 0.15) is 11.6 Å². The molecule has 2 aromatic rings. The second kappa shape index (κ2) is 5.17. The molecule has 0 aromatic heterocycles. The Balaban J connectivity index is 2.40. The molecule has 100 valence electrons. The van der Waals surface area contributed by atoms with Crippen LogP contribution in [0.25, 0.3) is 0 Å². The second-order valence-electron chi connectivity index (χ2n) is 3.90. The molecular formula is C13H10F4N2. The van der Waals surface area contributed by atoms with Gasteiger partial charge in [-0.15, -0.1) is 0 Å². The van der Waals surface area contributed by atoms with Crippen LogP contribution in [0.15, 0.2) is 36.4 Å². The summed E-state index contributed by atoms with van der Waals surface area (Å²) in [5.41, 5.74) is 4.98. The standard InChI is InChI=1S/C13H10F4N2/c14-7-1-3-10(15)12(5-7)19-11-4-2-8(18)6-9(11)13(16)17/h1-6,13,19H,18H2. The monoisotopic (exact) mass is 270 g/mol. The molecule has 0 aliphatic rings. The van der Waals surface area contributed by atoms with Crippen molar-refractivity contribution in [3.05, 3.63) is 53.6 Å². The third-order valence-corrected chi connectivity index (χ3v) is 2.51. The molecule has 0 bridgehead atoms. The molecular weight excluding hydrogens is 260 g/mol. The molecule has 0 aliphatic carbocycles. The van der Waals surface area contributed by atoms with Gasteiger partial charge in [0, 0.05) is 23.0 Å². The maximum atomic E-state index is 13.4. The quantitative estimate of drug-likeness (QED) is 0.647. The number of hydrogen-bond donors (Lipinski definition) is 2. The molecule has 19 heavy (non-hydrogen) atoms. The van der Waals surface area contributed by atoms with Crippen molar-refractivity contribution >= 4 is 17.1 Å². The van der Waals surface area contributed by atoms with E-state index in [0.29, 0.717) is 0 Å². The second-order valence-corrected chi connectivity index (χ2v) is 3.90. The third kappa shape index (κ3) is 2.96. The van der Waals surface area contributed by atoms with E-state index in [-0.39, 0.29) is 22.6 Å². The highest BCUT2D eigenvalue weighted by Crippen LogP contribution is 2.31. The molecule has 2 aromatic carbocycles. The number of alkyl halides is 2. The van der Waals surface area contributed by atoms with Crippen LogP contribution >= 0.6 is 0 Å². The van der Waals surface area contributed by atoms with Crippen LogP contribution in [-0.2, 0) is 0 Å². The van der Waals surface area contributed by atoms with E-state index in [4.69, 9.17) is 5.73 Å². The minimum Gasteiger partial charge on any atom is -0.399 e. The van der Waals surface area contributed by atoms with Crippen LogP contribution in [0.3, 0.4) is 0 Å². The van der Waals surface area contributed by atoms with Crippen LogP contribution in [0.2, 0.25) is 0 Å². The first-order chi connectivity index (χ1) is 8.97. The Morgan fingerprint density at radius 2 is 1.68 bits per heavy atom. The summed E-state index contributed by atoms with van der Waals surface area (Å²) in [6, 6.07) is 6.52. The van der Waals surface area contributed by atoms with E-state index in [2.05, 4.69) is 5.32 Å². The van der Waals surface area contributed by atoms with Gasteiger partial charge in [-0.25, -0.2) is 17.6 Å². The number of nitrogen functional groups attached to an aromatic ring is 1. The lowest BCUT2D eigenvalue weighted by atomic mass is 10.1. The van der Waals surface area contributed by atoms with Crippen LogP contribution in [0.5, 0.6) is 0 Å². The SMILES string of the molecule is Nc1ccc(Nc2cc(F)ccc2F)c(C(F)F)c1. The fraction of sp³-hybridized carbons (Fsp3) is 0.0769. The Hall–Kier alpha value is -2.24. The molecule has 0 saturated heterocycles. The van der Waals surface area contributed by atoms with Gasteiger partial charge in [0.05, 0.1) is 5.69 Å². The minimum atomic E-state index is -2.78. The molecule has 2 rings (SSSR count). The van der Waals surface area contributed by atoms with Crippen LogP contribution < -0.4 is 11.1 Å². The Kier molecular flexibility index (Phi) is 3.59. The Labute approximate surface area is 106 Å². The summed E-state index contributed by atoms with van der Waals surface area (Å²) in [5, 5.41) is 2.44. The molecule has 0 spiro atoms. The van der Waals surface area contributed by atoms with E-state index in [1.54, 1.807) is 0 Å². The fourth-order valence-corrected chi connectivity index (χ4v) is 1.61. The van der Waals surface area contributed by atoms with Gasteiger partial charge in [-0.05, 0) is 30.3 Å². The molecule has 0 heterocycles. The van der Waals surface area contributed by atoms with Crippen molar-refractivity contribution in [1.82, 2.24) is 0 Å². The summed E-state index contributed by atoms with van der Waals surface area (Å²) in [4.78, 5) is 0. The first kappa shape index (κ1) is 13.2. The van der Waals surface area contributed by atoms with Crippen molar-refractivity contribution in [2.45, 2.75) is 6.43 Å². The zero-order chi connectivity index (χ0) is 14.0. The summed E-state index contributed by atoms with van der Waals surface area (Å²) in [6.07, 6.45) is -2.78. The van der Waals surface area contributed by atoms with Crippen molar-refractivity contribution in [2.24, 2.45) is 0 Å². The predicted octanol–water partition coefficient (Wildman–Crippen LogP) is 4.23. The van der Waals surface area contributed by atoms with Crippen molar-refractivity contribution in [2.75, 3.05) is 11.1 Å². The lowest BCUT2D eigenvalue weighted by molar-refractivity contribution is 0.152. The number of nitrogens with two attached hydrogens (primary N) is 1. The maximum Gasteiger partial charge on any atom is 0.265 e. The molecule has 0 amide bonds. The van der Waals surface area contributed by atoms with Gasteiger partial charge in [0.25, 0.3) is 6.43 Å². The number of nitrogens with one attached hydrogen (secondary N) is 1. The Bertz CT molecular complexity index is 599. The minimum absolute atomic E-state index is 0.0197. The van der Waals surface area contributed by atoms with Crippen LogP contribution in [-0.4, -0.2) is 0 Å². The average Bonchev–Trinajstić information content (AvgIpc) is 2.35. The maximum absolute atomic E-state index is 13.4. The first-order valence-corrected chi connectivity index (χ1v) is 5.37. The fourth-order valence-electron chi connectivity index (χ4n) is 1.61. The van der Waals surface area contributed by atoms with E-state index in [1.807, 2.05) is 0 Å². The molecule has 0 fully saturated rings. The summed E-state index contributed by atoms with van der Waals surface area (Å²) in [6.45, 7) is 0. The van der Waals surface area contributed by atoms with Gasteiger partial charge in [-0.1, -0.05) is 0 Å². The van der Waals surface area contributed by atoms with E-state index in [1.165, 1.54) is 12.1 Å². The third-order valence-electron chi connectivity index (χ3n) is 2.51. The highest BCUT2D eigenvalue weighted by Gasteiger charge is 2.15.